The predicted molar refractivity (Wildman–Crippen MR) is 207 cm³/mol. The molecular formula is C45H54F3N3. The lowest BCUT2D eigenvalue weighted by Gasteiger charge is -2.25. The van der Waals surface area contributed by atoms with Gasteiger partial charge in [0.15, 0.2) is 0 Å². The molecule has 3 aliphatic rings. The molecule has 0 spiro atoms. The fourth-order valence-corrected chi connectivity index (χ4v) is 9.13. The molecule has 6 heteroatoms. The van der Waals surface area contributed by atoms with E-state index in [-0.39, 0.29) is 23.7 Å². The Labute approximate surface area is 301 Å². The van der Waals surface area contributed by atoms with Crippen molar-refractivity contribution in [3.8, 4) is 0 Å². The Bertz CT molecular complexity index is 2200. The van der Waals surface area contributed by atoms with Gasteiger partial charge in [-0.05, 0) is 78.3 Å². The average molecular weight is 694 g/mol. The third-order valence-corrected chi connectivity index (χ3v) is 11.3. The van der Waals surface area contributed by atoms with E-state index in [1.54, 1.807) is 11.3 Å². The molecule has 0 N–H and O–H groups in total. The van der Waals surface area contributed by atoms with E-state index in [1.807, 2.05) is 35.8 Å². The Morgan fingerprint density at radius 2 is 1.10 bits per heavy atom. The van der Waals surface area contributed by atoms with Crippen LogP contribution in [0.15, 0.2) is 72.8 Å². The number of benzene rings is 3. The van der Waals surface area contributed by atoms with Crippen molar-refractivity contribution < 1.29 is 13.2 Å². The summed E-state index contributed by atoms with van der Waals surface area (Å²) in [6, 6.07) is 25.3. The molecule has 0 fully saturated rings. The number of aryl methyl sites for hydroxylation is 4. The molecule has 6 heterocycles. The normalized spacial score (nSPS) is 18.4. The Morgan fingerprint density at radius 3 is 1.69 bits per heavy atom. The molecule has 0 radical (unpaired) electrons. The van der Waals surface area contributed by atoms with Crippen LogP contribution in [0.4, 0.5) is 13.2 Å². The Morgan fingerprint density at radius 1 is 0.608 bits per heavy atom. The van der Waals surface area contributed by atoms with Crippen LogP contribution in [0.25, 0.3) is 32.7 Å². The molecule has 3 aliphatic heterocycles. The number of para-hydroxylation sites is 3. The maximum absolute atomic E-state index is 13.7. The van der Waals surface area contributed by atoms with E-state index in [4.69, 9.17) is 0 Å². The molecule has 270 valence electrons. The van der Waals surface area contributed by atoms with Gasteiger partial charge >= 0.3 is 0 Å². The van der Waals surface area contributed by atoms with Crippen molar-refractivity contribution in [2.24, 2.45) is 0 Å². The van der Waals surface area contributed by atoms with Crippen LogP contribution >= 0.6 is 0 Å². The van der Waals surface area contributed by atoms with Gasteiger partial charge < -0.3 is 13.7 Å². The second kappa shape index (κ2) is 13.2. The van der Waals surface area contributed by atoms with Crippen LogP contribution in [0.5, 0.6) is 0 Å². The van der Waals surface area contributed by atoms with Crippen molar-refractivity contribution >= 4 is 32.7 Å². The summed E-state index contributed by atoms with van der Waals surface area (Å²) in [5.74, 6) is -2.53. The molecule has 3 aromatic heterocycles. The van der Waals surface area contributed by atoms with E-state index in [9.17, 15) is 13.2 Å². The molecule has 1 unspecified atom stereocenters. The van der Waals surface area contributed by atoms with Crippen LogP contribution in [0.3, 0.4) is 0 Å². The highest BCUT2D eigenvalue weighted by Crippen LogP contribution is 2.40. The first-order chi connectivity index (χ1) is 24.2. The van der Waals surface area contributed by atoms with E-state index in [1.165, 1.54) is 58.9 Å². The Hall–Kier alpha value is -3.93. The third kappa shape index (κ3) is 6.64. The lowest BCUT2D eigenvalue weighted by molar-refractivity contribution is -0.0221. The van der Waals surface area contributed by atoms with Crippen molar-refractivity contribution in [3.63, 3.8) is 0 Å². The first-order valence-electron chi connectivity index (χ1n) is 19.0. The maximum atomic E-state index is 13.7. The predicted octanol–water partition coefficient (Wildman–Crippen LogP) is 12.0. The quantitative estimate of drug-likeness (QED) is 0.150. The van der Waals surface area contributed by atoms with E-state index < -0.39 is 12.1 Å². The van der Waals surface area contributed by atoms with Gasteiger partial charge in [0.05, 0.1) is 6.42 Å². The third-order valence-electron chi connectivity index (χ3n) is 11.3. The van der Waals surface area contributed by atoms with Gasteiger partial charge in [-0.3, -0.25) is 0 Å². The zero-order valence-corrected chi connectivity index (χ0v) is 31.6. The number of hydrogen-bond acceptors (Lipinski definition) is 0. The van der Waals surface area contributed by atoms with Crippen molar-refractivity contribution in [1.29, 1.82) is 0 Å². The van der Waals surface area contributed by atoms with Crippen LogP contribution in [0, 0.1) is 6.92 Å². The largest absolute Gasteiger partial charge is 0.344 e. The van der Waals surface area contributed by atoms with Gasteiger partial charge in [0.2, 0.25) is 0 Å². The van der Waals surface area contributed by atoms with E-state index in [0.29, 0.717) is 19.4 Å². The van der Waals surface area contributed by atoms with Gasteiger partial charge in [-0.25, -0.2) is 13.2 Å². The molecule has 0 amide bonds. The zero-order chi connectivity index (χ0) is 36.3. The Balaban J connectivity index is 0.000000120. The lowest BCUT2D eigenvalue weighted by Crippen LogP contribution is -2.29. The van der Waals surface area contributed by atoms with Gasteiger partial charge in [-0.2, -0.15) is 0 Å². The first-order valence-corrected chi connectivity index (χ1v) is 19.0. The summed E-state index contributed by atoms with van der Waals surface area (Å²) >= 11 is 0. The molecule has 3 aromatic carbocycles. The van der Waals surface area contributed by atoms with Crippen molar-refractivity contribution in [2.45, 2.75) is 136 Å². The smallest absolute Gasteiger partial charge is 0.255 e. The molecule has 0 saturated carbocycles. The van der Waals surface area contributed by atoms with Crippen molar-refractivity contribution in [2.75, 3.05) is 0 Å². The molecule has 6 aromatic rings. The van der Waals surface area contributed by atoms with Gasteiger partial charge in [0, 0.05) is 82.3 Å². The highest BCUT2D eigenvalue weighted by atomic mass is 19.3. The number of rotatable bonds is 0. The summed E-state index contributed by atoms with van der Waals surface area (Å²) in [7, 11) is 0. The van der Waals surface area contributed by atoms with Crippen molar-refractivity contribution in [3.05, 3.63) is 107 Å². The van der Waals surface area contributed by atoms with E-state index >= 15 is 0 Å². The number of fused-ring (bicyclic) bond motifs is 9. The van der Waals surface area contributed by atoms with E-state index in [2.05, 4.69) is 99.2 Å². The summed E-state index contributed by atoms with van der Waals surface area (Å²) in [5.41, 5.74) is 11.6. The monoisotopic (exact) mass is 693 g/mol. The van der Waals surface area contributed by atoms with Crippen LogP contribution in [0.2, 0.25) is 0 Å². The molecule has 51 heavy (non-hydrogen) atoms. The number of aromatic nitrogens is 3. The highest BCUT2D eigenvalue weighted by molar-refractivity contribution is 5.88. The second-order valence-electron chi connectivity index (χ2n) is 17.1. The highest BCUT2D eigenvalue weighted by Gasteiger charge is 2.36. The standard InChI is InChI=1S/C16H20FN.C16H21N.C13H13F2N/c1-16(2,3)15-12-6-4-5-7-13(12)18-9-8-11(17)10-14(15)18;1-16(2,3)15-12-8-4-5-9-13(12)17-11-7-6-10-14(15)17;1-9-10-4-2-3-5-11(10)16-7-6-13(14,15)8-12(9)16/h4-7,11H,8-10H2,1-3H3;4-5,8-9H,6-7,10-11H2,1-3H3;2-5H,6-8H2,1H3. The summed E-state index contributed by atoms with van der Waals surface area (Å²) < 4.78 is 47.4. The molecule has 1 atom stereocenters. The molecular weight excluding hydrogens is 640 g/mol. The first kappa shape index (κ1) is 35.5. The van der Waals surface area contributed by atoms with Crippen LogP contribution in [0.1, 0.15) is 101 Å². The van der Waals surface area contributed by atoms with Crippen LogP contribution in [-0.4, -0.2) is 25.8 Å². The summed E-state index contributed by atoms with van der Waals surface area (Å²) in [5, 5.41) is 3.88. The topological polar surface area (TPSA) is 14.8 Å². The molecule has 3 nitrogen and oxygen atoms in total. The second-order valence-corrected chi connectivity index (χ2v) is 17.1. The summed E-state index contributed by atoms with van der Waals surface area (Å²) in [6.07, 6.45) is 4.31. The van der Waals surface area contributed by atoms with Gasteiger partial charge in [0.25, 0.3) is 5.92 Å². The molecule has 0 aliphatic carbocycles. The minimum Gasteiger partial charge on any atom is -0.344 e. The fourth-order valence-electron chi connectivity index (χ4n) is 9.13. The van der Waals surface area contributed by atoms with Gasteiger partial charge in [-0.15, -0.1) is 0 Å². The van der Waals surface area contributed by atoms with Crippen molar-refractivity contribution in [1.82, 2.24) is 13.7 Å². The molecule has 9 rings (SSSR count). The van der Waals surface area contributed by atoms with E-state index in [0.717, 1.165) is 28.7 Å². The number of nitrogens with zero attached hydrogens (tertiary/aromatic N) is 3. The number of halogens is 3. The van der Waals surface area contributed by atoms with Crippen LogP contribution in [-0.2, 0) is 49.7 Å². The number of hydrogen-bond donors (Lipinski definition) is 0. The zero-order valence-electron chi connectivity index (χ0n) is 31.6. The summed E-state index contributed by atoms with van der Waals surface area (Å²) in [6.45, 7) is 18.1. The average Bonchev–Trinajstić information content (AvgIpc) is 3.70. The molecule has 0 saturated heterocycles. The maximum Gasteiger partial charge on any atom is 0.255 e. The van der Waals surface area contributed by atoms with Gasteiger partial charge in [0.1, 0.15) is 6.17 Å². The summed E-state index contributed by atoms with van der Waals surface area (Å²) in [4.78, 5) is 0. The fraction of sp³-hybridized carbons (Fsp3) is 0.467. The SMILES string of the molecule is CC(C)(C)c1c2n(c3ccccc13)CCC(F)C2.CC(C)(C)c1c2n(c3ccccc13)CCCC2.Cc1c2n(c3ccccc13)CCC(F)(F)C2. The number of alkyl halides is 3. The van der Waals surface area contributed by atoms with Gasteiger partial charge in [-0.1, -0.05) is 96.1 Å². The molecule has 0 bridgehead atoms. The Kier molecular flexibility index (Phi) is 9.21. The van der Waals surface area contributed by atoms with Crippen LogP contribution < -0.4 is 0 Å². The minimum atomic E-state index is -2.53. The minimum absolute atomic E-state index is 0.0435. The lowest BCUT2D eigenvalue weighted by atomic mass is 9.83.